The fourth-order valence-electron chi connectivity index (χ4n) is 3.59. The molecule has 0 aromatic heterocycles. The molecule has 0 radical (unpaired) electrons. The number of hydrogen-bond donors (Lipinski definition) is 1. The first-order valence-electron chi connectivity index (χ1n) is 9.16. The van der Waals surface area contributed by atoms with Gasteiger partial charge in [-0.3, -0.25) is 19.3 Å². The van der Waals surface area contributed by atoms with Gasteiger partial charge < -0.3 is 5.32 Å². The van der Waals surface area contributed by atoms with E-state index in [-0.39, 0.29) is 6.54 Å². The minimum atomic E-state index is -0.981. The number of urea groups is 1. The molecule has 0 saturated carbocycles. The summed E-state index contributed by atoms with van der Waals surface area (Å²) in [6.07, 6.45) is 3.12. The van der Waals surface area contributed by atoms with Crippen LogP contribution in [0, 0.1) is 0 Å². The van der Waals surface area contributed by atoms with Crippen molar-refractivity contribution in [3.8, 4) is 0 Å². The number of rotatable bonds is 5. The normalized spacial score (nSPS) is 15.9. The number of carbonyl (C=O) groups excluding carboxylic acids is 4. The maximum atomic E-state index is 12.5. The number of hydrogen-bond acceptors (Lipinski definition) is 4. The lowest BCUT2D eigenvalue weighted by atomic mass is 10.1. The Bertz CT molecular complexity index is 971. The van der Waals surface area contributed by atoms with Gasteiger partial charge in [-0.1, -0.05) is 36.4 Å². The van der Waals surface area contributed by atoms with E-state index >= 15 is 0 Å². The monoisotopic (exact) mass is 377 g/mol. The number of nitrogens with zero attached hydrogens (tertiary/aromatic N) is 2. The van der Waals surface area contributed by atoms with Crippen LogP contribution in [0.15, 0.2) is 48.5 Å². The van der Waals surface area contributed by atoms with E-state index < -0.39 is 30.3 Å². The molecule has 1 heterocycles. The van der Waals surface area contributed by atoms with Crippen LogP contribution in [0.2, 0.25) is 0 Å². The van der Waals surface area contributed by atoms with Crippen molar-refractivity contribution in [1.82, 2.24) is 9.80 Å². The van der Waals surface area contributed by atoms with Crippen LogP contribution in [-0.4, -0.2) is 40.1 Å². The van der Waals surface area contributed by atoms with E-state index in [0.717, 1.165) is 29.7 Å². The lowest BCUT2D eigenvalue weighted by Crippen LogP contribution is -2.38. The number of imide groups is 2. The number of amides is 5. The van der Waals surface area contributed by atoms with Crippen LogP contribution in [-0.2, 0) is 33.8 Å². The van der Waals surface area contributed by atoms with Gasteiger partial charge in [0.2, 0.25) is 5.91 Å². The Balaban J connectivity index is 1.42. The highest BCUT2D eigenvalue weighted by Crippen LogP contribution is 2.25. The summed E-state index contributed by atoms with van der Waals surface area (Å²) < 4.78 is 0. The van der Waals surface area contributed by atoms with Gasteiger partial charge >= 0.3 is 17.8 Å². The van der Waals surface area contributed by atoms with Gasteiger partial charge in [0.1, 0.15) is 6.54 Å². The smallest absolute Gasteiger partial charge is 0.325 e. The Morgan fingerprint density at radius 3 is 2.39 bits per heavy atom. The summed E-state index contributed by atoms with van der Waals surface area (Å²) in [5.74, 6) is -2.42. The Hall–Kier alpha value is -3.48. The fraction of sp³-hybridized carbons (Fsp3) is 0.238. The molecule has 1 aliphatic carbocycles. The van der Waals surface area contributed by atoms with Crippen LogP contribution in [0.25, 0.3) is 0 Å². The van der Waals surface area contributed by atoms with Crippen molar-refractivity contribution in [2.45, 2.75) is 25.8 Å². The highest BCUT2D eigenvalue weighted by Gasteiger charge is 2.45. The zero-order valence-electron chi connectivity index (χ0n) is 15.2. The van der Waals surface area contributed by atoms with Crippen molar-refractivity contribution in [3.63, 3.8) is 0 Å². The highest BCUT2D eigenvalue weighted by molar-refractivity contribution is 6.45. The van der Waals surface area contributed by atoms with Gasteiger partial charge in [0, 0.05) is 5.69 Å². The van der Waals surface area contributed by atoms with Crippen molar-refractivity contribution < 1.29 is 19.2 Å². The second-order valence-corrected chi connectivity index (χ2v) is 6.94. The maximum absolute atomic E-state index is 12.5. The molecule has 2 aromatic rings. The Morgan fingerprint density at radius 1 is 0.893 bits per heavy atom. The molecule has 0 unspecified atom stereocenters. The predicted octanol–water partition coefficient (Wildman–Crippen LogP) is 2.10. The van der Waals surface area contributed by atoms with Gasteiger partial charge in [0.25, 0.3) is 0 Å². The molecule has 142 valence electrons. The van der Waals surface area contributed by atoms with Gasteiger partial charge in [-0.15, -0.1) is 0 Å². The van der Waals surface area contributed by atoms with Gasteiger partial charge in [-0.05, 0) is 48.1 Å². The molecule has 7 heteroatoms. The van der Waals surface area contributed by atoms with Crippen molar-refractivity contribution in [2.75, 3.05) is 11.9 Å². The number of nitrogens with one attached hydrogen (secondary N) is 1. The van der Waals surface area contributed by atoms with E-state index in [0.29, 0.717) is 10.6 Å². The first kappa shape index (κ1) is 17.9. The molecule has 4 rings (SSSR count). The van der Waals surface area contributed by atoms with Crippen LogP contribution in [0.3, 0.4) is 0 Å². The van der Waals surface area contributed by atoms with Crippen molar-refractivity contribution in [2.24, 2.45) is 0 Å². The van der Waals surface area contributed by atoms with Crippen LogP contribution in [0.1, 0.15) is 23.1 Å². The summed E-state index contributed by atoms with van der Waals surface area (Å²) in [6.45, 7) is -0.501. The second kappa shape index (κ2) is 7.26. The standard InChI is InChI=1S/C21H19N3O4/c25-18(22-17-10-9-15-7-4-8-16(15)11-17)13-24-20(27)19(26)23(21(24)28)12-14-5-2-1-3-6-14/h1-3,5-6,9-11H,4,7-8,12-13H2,(H,22,25). The van der Waals surface area contributed by atoms with Crippen LogP contribution < -0.4 is 5.32 Å². The molecule has 28 heavy (non-hydrogen) atoms. The topological polar surface area (TPSA) is 86.8 Å². The lowest BCUT2D eigenvalue weighted by molar-refractivity contribution is -0.143. The Kier molecular flexibility index (Phi) is 4.65. The average molecular weight is 377 g/mol. The summed E-state index contributed by atoms with van der Waals surface area (Å²) in [4.78, 5) is 50.8. The van der Waals surface area contributed by atoms with Crippen molar-refractivity contribution in [3.05, 3.63) is 65.2 Å². The number of carbonyl (C=O) groups is 4. The van der Waals surface area contributed by atoms with Crippen molar-refractivity contribution in [1.29, 1.82) is 0 Å². The molecule has 7 nitrogen and oxygen atoms in total. The highest BCUT2D eigenvalue weighted by atomic mass is 16.2. The second-order valence-electron chi connectivity index (χ2n) is 6.94. The third-order valence-corrected chi connectivity index (χ3v) is 5.00. The molecule has 1 N–H and O–H groups in total. The van der Waals surface area contributed by atoms with E-state index in [1.54, 1.807) is 24.3 Å². The van der Waals surface area contributed by atoms with Crippen LogP contribution >= 0.6 is 0 Å². The number of benzene rings is 2. The van der Waals surface area contributed by atoms with E-state index in [2.05, 4.69) is 5.32 Å². The average Bonchev–Trinajstić information content (AvgIpc) is 3.23. The molecule has 0 bridgehead atoms. The molecule has 1 fully saturated rings. The molecule has 2 aromatic carbocycles. The van der Waals surface area contributed by atoms with Gasteiger partial charge in [-0.2, -0.15) is 0 Å². The molecule has 0 spiro atoms. The molecule has 2 aliphatic rings. The molecule has 1 aliphatic heterocycles. The van der Waals surface area contributed by atoms with Crippen molar-refractivity contribution >= 4 is 29.4 Å². The molecule has 5 amide bonds. The van der Waals surface area contributed by atoms with E-state index in [9.17, 15) is 19.2 Å². The summed E-state index contributed by atoms with van der Waals surface area (Å²) in [5, 5.41) is 2.70. The number of anilines is 1. The van der Waals surface area contributed by atoms with Gasteiger partial charge in [-0.25, -0.2) is 9.69 Å². The largest absolute Gasteiger partial charge is 0.335 e. The lowest BCUT2D eigenvalue weighted by Gasteiger charge is -2.15. The fourth-order valence-corrected chi connectivity index (χ4v) is 3.59. The minimum Gasteiger partial charge on any atom is -0.325 e. The SMILES string of the molecule is O=C(CN1C(=O)C(=O)N(Cc2ccccc2)C1=O)Nc1ccc2c(c1)CCC2. The predicted molar refractivity (Wildman–Crippen MR) is 101 cm³/mol. The quantitative estimate of drug-likeness (QED) is 0.639. The zero-order valence-corrected chi connectivity index (χ0v) is 15.2. The first-order chi connectivity index (χ1) is 13.5. The van der Waals surface area contributed by atoms with E-state index in [4.69, 9.17) is 0 Å². The number of fused-ring (bicyclic) bond motifs is 1. The third-order valence-electron chi connectivity index (χ3n) is 5.00. The molecule has 0 atom stereocenters. The number of aryl methyl sites for hydroxylation is 2. The summed E-state index contributed by atoms with van der Waals surface area (Å²) >= 11 is 0. The third kappa shape index (κ3) is 3.38. The minimum absolute atomic E-state index is 0.00676. The molecular weight excluding hydrogens is 358 g/mol. The zero-order chi connectivity index (χ0) is 19.7. The van der Waals surface area contributed by atoms with E-state index in [1.165, 1.54) is 11.1 Å². The summed E-state index contributed by atoms with van der Waals surface area (Å²) in [6, 6.07) is 13.8. The first-order valence-corrected chi connectivity index (χ1v) is 9.16. The molecule has 1 saturated heterocycles. The summed E-state index contributed by atoms with van der Waals surface area (Å²) in [5.41, 5.74) is 3.83. The maximum Gasteiger partial charge on any atom is 0.335 e. The van der Waals surface area contributed by atoms with Crippen LogP contribution in [0.5, 0.6) is 0 Å². The molecular formula is C21H19N3O4. The van der Waals surface area contributed by atoms with Gasteiger partial charge in [0.05, 0.1) is 6.54 Å². The Morgan fingerprint density at radius 2 is 1.61 bits per heavy atom. The Labute approximate surface area is 161 Å². The van der Waals surface area contributed by atoms with Crippen LogP contribution in [0.4, 0.5) is 10.5 Å². The summed E-state index contributed by atoms with van der Waals surface area (Å²) in [7, 11) is 0. The van der Waals surface area contributed by atoms with E-state index in [1.807, 2.05) is 24.3 Å². The van der Waals surface area contributed by atoms with Gasteiger partial charge in [0.15, 0.2) is 0 Å².